The second-order valence-electron chi connectivity index (χ2n) is 5.99. The van der Waals surface area contributed by atoms with Crippen LogP contribution in [0.1, 0.15) is 26.3 Å². The Balaban J connectivity index is 1.66. The molecule has 2 N–H and O–H groups in total. The van der Waals surface area contributed by atoms with E-state index in [1.54, 1.807) is 61.7 Å². The molecule has 0 radical (unpaired) electrons. The summed E-state index contributed by atoms with van der Waals surface area (Å²) in [4.78, 5) is 24.7. The molecule has 0 aliphatic heterocycles. The van der Waals surface area contributed by atoms with Crippen LogP contribution in [0.3, 0.4) is 0 Å². The van der Waals surface area contributed by atoms with Crippen molar-refractivity contribution in [2.75, 3.05) is 12.4 Å². The number of rotatable bonds is 6. The van der Waals surface area contributed by atoms with E-state index in [9.17, 15) is 9.59 Å². The number of methoxy groups -OCH3 is 1. The molecule has 3 aromatic carbocycles. The number of halogens is 1. The average molecular weight is 408 g/mol. The Kier molecular flexibility index (Phi) is 6.60. The zero-order valence-electron chi connectivity index (χ0n) is 15.6. The molecule has 0 aliphatic rings. The van der Waals surface area contributed by atoms with Gasteiger partial charge in [0.2, 0.25) is 0 Å². The molecule has 0 aliphatic carbocycles. The Morgan fingerprint density at radius 1 is 0.931 bits per heavy atom. The summed E-state index contributed by atoms with van der Waals surface area (Å²) in [5.41, 5.74) is 4.46. The molecule has 0 saturated carbocycles. The van der Waals surface area contributed by atoms with E-state index in [2.05, 4.69) is 15.8 Å². The summed E-state index contributed by atoms with van der Waals surface area (Å²) >= 11 is 5.92. The Morgan fingerprint density at radius 2 is 1.66 bits per heavy atom. The number of carbonyl (C=O) groups excluding carboxylic acids is 2. The number of amides is 2. The summed E-state index contributed by atoms with van der Waals surface area (Å²) in [6, 6.07) is 20.5. The number of anilines is 1. The summed E-state index contributed by atoms with van der Waals surface area (Å²) in [5.74, 6) is -0.0783. The third-order valence-corrected chi connectivity index (χ3v) is 4.21. The summed E-state index contributed by atoms with van der Waals surface area (Å²) < 4.78 is 5.23. The summed E-state index contributed by atoms with van der Waals surface area (Å²) in [6.07, 6.45) is 1.50. The Labute approximate surface area is 173 Å². The maximum atomic E-state index is 12.4. The Bertz CT molecular complexity index is 1070. The van der Waals surface area contributed by atoms with E-state index < -0.39 is 5.91 Å². The number of hydrogen-bond donors (Lipinski definition) is 2. The molecule has 6 nitrogen and oxygen atoms in total. The fourth-order valence-electron chi connectivity index (χ4n) is 2.57. The van der Waals surface area contributed by atoms with Crippen LogP contribution in [0.2, 0.25) is 5.02 Å². The Hall–Kier alpha value is -3.64. The van der Waals surface area contributed by atoms with Gasteiger partial charge in [0.1, 0.15) is 5.75 Å². The van der Waals surface area contributed by atoms with Gasteiger partial charge in [0, 0.05) is 27.4 Å². The van der Waals surface area contributed by atoms with E-state index in [-0.39, 0.29) is 5.91 Å². The van der Waals surface area contributed by atoms with Crippen LogP contribution in [-0.2, 0) is 0 Å². The summed E-state index contributed by atoms with van der Waals surface area (Å²) in [6.45, 7) is 0. The quantitative estimate of drug-likeness (QED) is 0.470. The van der Waals surface area contributed by atoms with Gasteiger partial charge in [-0.2, -0.15) is 5.10 Å². The van der Waals surface area contributed by atoms with E-state index in [4.69, 9.17) is 16.3 Å². The standard InChI is InChI=1S/C22H18ClN3O3/c1-29-20-11-3-2-6-17(20)14-24-26-22(28)16-8-5-10-19(13-16)25-21(27)15-7-4-9-18(23)12-15/h2-14H,1H3,(H,25,27)(H,26,28)/b24-14-. The fraction of sp³-hybridized carbons (Fsp3) is 0.0455. The lowest BCUT2D eigenvalue weighted by molar-refractivity contribution is 0.0953. The van der Waals surface area contributed by atoms with Crippen molar-refractivity contribution in [1.29, 1.82) is 0 Å². The van der Waals surface area contributed by atoms with Crippen LogP contribution in [0.4, 0.5) is 5.69 Å². The molecule has 29 heavy (non-hydrogen) atoms. The van der Waals surface area contributed by atoms with Gasteiger partial charge in [0.05, 0.1) is 13.3 Å². The number of carbonyl (C=O) groups is 2. The molecule has 0 fully saturated rings. The topological polar surface area (TPSA) is 79.8 Å². The first-order valence-electron chi connectivity index (χ1n) is 8.70. The number of para-hydroxylation sites is 1. The van der Waals surface area contributed by atoms with Crippen LogP contribution in [0.5, 0.6) is 5.75 Å². The molecular weight excluding hydrogens is 390 g/mol. The molecule has 0 heterocycles. The molecule has 0 saturated heterocycles. The first-order valence-corrected chi connectivity index (χ1v) is 9.08. The van der Waals surface area contributed by atoms with Crippen molar-refractivity contribution in [3.63, 3.8) is 0 Å². The van der Waals surface area contributed by atoms with Crippen molar-refractivity contribution in [2.45, 2.75) is 0 Å². The van der Waals surface area contributed by atoms with Crippen LogP contribution in [0.25, 0.3) is 0 Å². The number of hydrogen-bond acceptors (Lipinski definition) is 4. The average Bonchev–Trinajstić information content (AvgIpc) is 2.74. The minimum Gasteiger partial charge on any atom is -0.496 e. The van der Waals surface area contributed by atoms with E-state index in [0.717, 1.165) is 5.56 Å². The van der Waals surface area contributed by atoms with Crippen LogP contribution in [-0.4, -0.2) is 25.1 Å². The SMILES string of the molecule is COc1ccccc1/C=N\NC(=O)c1cccc(NC(=O)c2cccc(Cl)c2)c1. The molecule has 3 rings (SSSR count). The second-order valence-corrected chi connectivity index (χ2v) is 6.42. The highest BCUT2D eigenvalue weighted by molar-refractivity contribution is 6.31. The number of nitrogens with one attached hydrogen (secondary N) is 2. The van der Waals surface area contributed by atoms with Crippen molar-refractivity contribution in [3.8, 4) is 5.75 Å². The van der Waals surface area contributed by atoms with Gasteiger partial charge in [-0.1, -0.05) is 35.9 Å². The molecular formula is C22H18ClN3O3. The van der Waals surface area contributed by atoms with Gasteiger partial charge < -0.3 is 10.1 Å². The highest BCUT2D eigenvalue weighted by Crippen LogP contribution is 2.16. The third-order valence-electron chi connectivity index (χ3n) is 3.98. The van der Waals surface area contributed by atoms with Crippen molar-refractivity contribution >= 4 is 35.3 Å². The highest BCUT2D eigenvalue weighted by Gasteiger charge is 2.09. The molecule has 3 aromatic rings. The maximum absolute atomic E-state index is 12.4. The Morgan fingerprint density at radius 3 is 2.41 bits per heavy atom. The van der Waals surface area contributed by atoms with E-state index in [1.165, 1.54) is 6.21 Å². The van der Waals surface area contributed by atoms with Crippen molar-refractivity contribution in [3.05, 3.63) is 94.5 Å². The van der Waals surface area contributed by atoms with Crippen LogP contribution >= 0.6 is 11.6 Å². The number of hydrazone groups is 1. The van der Waals surface area contributed by atoms with Gasteiger partial charge in [-0.3, -0.25) is 9.59 Å². The van der Waals surface area contributed by atoms with Crippen molar-refractivity contribution in [1.82, 2.24) is 5.43 Å². The van der Waals surface area contributed by atoms with Crippen LogP contribution in [0, 0.1) is 0 Å². The van der Waals surface area contributed by atoms with Gasteiger partial charge >= 0.3 is 0 Å². The van der Waals surface area contributed by atoms with Gasteiger partial charge in [-0.05, 0) is 48.5 Å². The third kappa shape index (κ3) is 5.43. The van der Waals surface area contributed by atoms with Gasteiger partial charge in [-0.15, -0.1) is 0 Å². The summed E-state index contributed by atoms with van der Waals surface area (Å²) in [7, 11) is 1.56. The molecule has 0 atom stereocenters. The zero-order valence-corrected chi connectivity index (χ0v) is 16.3. The van der Waals surface area contributed by atoms with Crippen LogP contribution in [0.15, 0.2) is 77.9 Å². The number of benzene rings is 3. The van der Waals surface area contributed by atoms with E-state index >= 15 is 0 Å². The van der Waals surface area contributed by atoms with E-state index in [0.29, 0.717) is 27.6 Å². The second kappa shape index (κ2) is 9.52. The van der Waals surface area contributed by atoms with Crippen molar-refractivity contribution < 1.29 is 14.3 Å². The van der Waals surface area contributed by atoms with Crippen molar-refractivity contribution in [2.24, 2.45) is 5.10 Å². The first-order chi connectivity index (χ1) is 14.1. The highest BCUT2D eigenvalue weighted by atomic mass is 35.5. The van der Waals surface area contributed by atoms with Crippen LogP contribution < -0.4 is 15.5 Å². The molecule has 0 bridgehead atoms. The minimum atomic E-state index is -0.407. The molecule has 0 spiro atoms. The van der Waals surface area contributed by atoms with Gasteiger partial charge in [-0.25, -0.2) is 5.43 Å². The largest absolute Gasteiger partial charge is 0.496 e. The van der Waals surface area contributed by atoms with E-state index in [1.807, 2.05) is 18.2 Å². The van der Waals surface area contributed by atoms with Gasteiger partial charge in [0.15, 0.2) is 0 Å². The zero-order chi connectivity index (χ0) is 20.6. The molecule has 0 unspecified atom stereocenters. The maximum Gasteiger partial charge on any atom is 0.271 e. The lowest BCUT2D eigenvalue weighted by Crippen LogP contribution is -2.18. The number of ether oxygens (including phenoxy) is 1. The monoisotopic (exact) mass is 407 g/mol. The summed E-state index contributed by atoms with van der Waals surface area (Å²) in [5, 5.41) is 7.18. The predicted octanol–water partition coefficient (Wildman–Crippen LogP) is 4.36. The lowest BCUT2D eigenvalue weighted by Gasteiger charge is -2.07. The minimum absolute atomic E-state index is 0.320. The predicted molar refractivity (Wildman–Crippen MR) is 114 cm³/mol. The number of nitrogens with zero attached hydrogens (tertiary/aromatic N) is 1. The lowest BCUT2D eigenvalue weighted by atomic mass is 10.1. The fourth-order valence-corrected chi connectivity index (χ4v) is 2.76. The molecule has 7 heteroatoms. The van der Waals surface area contributed by atoms with Gasteiger partial charge in [0.25, 0.3) is 11.8 Å². The first kappa shape index (κ1) is 20.1. The normalized spacial score (nSPS) is 10.6. The molecule has 0 aromatic heterocycles. The smallest absolute Gasteiger partial charge is 0.271 e. The molecule has 2 amide bonds. The molecule has 146 valence electrons.